The number of benzene rings is 3. The van der Waals surface area contributed by atoms with Crippen LogP contribution in [-0.4, -0.2) is 40.4 Å². The second-order valence-electron chi connectivity index (χ2n) is 6.85. The number of anilines is 1. The van der Waals surface area contributed by atoms with Gasteiger partial charge in [-0.05, 0) is 54.6 Å². The summed E-state index contributed by atoms with van der Waals surface area (Å²) >= 11 is 0. The summed E-state index contributed by atoms with van der Waals surface area (Å²) in [6.45, 7) is 0.135. The molecule has 10 heteroatoms. The number of hydrogen-bond acceptors (Lipinski definition) is 5. The summed E-state index contributed by atoms with van der Waals surface area (Å²) < 4.78 is 46.5. The van der Waals surface area contributed by atoms with Crippen molar-refractivity contribution in [2.24, 2.45) is 0 Å². The van der Waals surface area contributed by atoms with Crippen LogP contribution in [0, 0.1) is 5.82 Å². The van der Waals surface area contributed by atoms with Crippen LogP contribution in [0.5, 0.6) is 5.75 Å². The molecule has 33 heavy (non-hydrogen) atoms. The molecule has 0 bridgehead atoms. The summed E-state index contributed by atoms with van der Waals surface area (Å²) in [5.74, 6) is -1.17. The molecule has 0 saturated heterocycles. The summed E-state index contributed by atoms with van der Waals surface area (Å²) in [4.78, 5) is 24.3. The van der Waals surface area contributed by atoms with Crippen molar-refractivity contribution in [1.29, 1.82) is 0 Å². The Labute approximate surface area is 190 Å². The number of ether oxygens (including phenoxy) is 1. The number of rotatable bonds is 9. The zero-order chi connectivity index (χ0) is 23.8. The van der Waals surface area contributed by atoms with Crippen molar-refractivity contribution in [3.05, 3.63) is 89.7 Å². The van der Waals surface area contributed by atoms with Crippen molar-refractivity contribution >= 4 is 27.5 Å². The van der Waals surface area contributed by atoms with Crippen molar-refractivity contribution < 1.29 is 27.1 Å². The van der Waals surface area contributed by atoms with E-state index in [2.05, 4.69) is 15.4 Å². The smallest absolute Gasteiger partial charge is 0.261 e. The molecular weight excluding hydrogens is 449 g/mol. The van der Waals surface area contributed by atoms with Crippen molar-refractivity contribution in [1.82, 2.24) is 10.6 Å². The molecule has 0 heterocycles. The highest BCUT2D eigenvalue weighted by Gasteiger charge is 2.17. The quantitative estimate of drug-likeness (QED) is 0.416. The number of carbonyl (C=O) groups is 2. The van der Waals surface area contributed by atoms with Gasteiger partial charge in [-0.15, -0.1) is 0 Å². The maximum atomic E-state index is 13.6. The van der Waals surface area contributed by atoms with E-state index in [1.165, 1.54) is 49.6 Å². The molecule has 3 rings (SSSR count). The molecule has 172 valence electrons. The molecule has 0 fully saturated rings. The van der Waals surface area contributed by atoms with Gasteiger partial charge in [0.1, 0.15) is 11.6 Å². The third-order valence-electron chi connectivity index (χ3n) is 4.56. The van der Waals surface area contributed by atoms with Gasteiger partial charge in [-0.2, -0.15) is 0 Å². The minimum absolute atomic E-state index is 0.0654. The number of halogens is 1. The zero-order valence-electron chi connectivity index (χ0n) is 17.7. The maximum Gasteiger partial charge on any atom is 0.261 e. The van der Waals surface area contributed by atoms with Crippen LogP contribution in [0.3, 0.4) is 0 Å². The van der Waals surface area contributed by atoms with Crippen LogP contribution in [0.4, 0.5) is 10.1 Å². The van der Waals surface area contributed by atoms with Gasteiger partial charge < -0.3 is 15.4 Å². The largest absolute Gasteiger partial charge is 0.497 e. The van der Waals surface area contributed by atoms with Crippen molar-refractivity contribution in [3.63, 3.8) is 0 Å². The Kier molecular flexibility index (Phi) is 7.62. The topological polar surface area (TPSA) is 114 Å². The van der Waals surface area contributed by atoms with Gasteiger partial charge in [-0.3, -0.25) is 14.3 Å². The van der Waals surface area contributed by atoms with Gasteiger partial charge >= 0.3 is 0 Å². The predicted molar refractivity (Wildman–Crippen MR) is 121 cm³/mol. The number of carbonyl (C=O) groups excluding carboxylic acids is 2. The van der Waals surface area contributed by atoms with Gasteiger partial charge in [0.2, 0.25) is 0 Å². The van der Waals surface area contributed by atoms with E-state index in [0.29, 0.717) is 11.4 Å². The molecule has 3 aromatic rings. The van der Waals surface area contributed by atoms with E-state index in [1.54, 1.807) is 30.3 Å². The minimum Gasteiger partial charge on any atom is -0.497 e. The Balaban J connectivity index is 1.57. The third kappa shape index (κ3) is 6.30. The molecule has 3 N–H and O–H groups in total. The number of methoxy groups -OCH3 is 1. The van der Waals surface area contributed by atoms with Crippen LogP contribution >= 0.6 is 0 Å². The first kappa shape index (κ1) is 23.7. The van der Waals surface area contributed by atoms with Crippen molar-refractivity contribution in [2.45, 2.75) is 4.90 Å². The Morgan fingerprint density at radius 3 is 2.21 bits per heavy atom. The molecular formula is C23H22FN3O5S. The van der Waals surface area contributed by atoms with Crippen LogP contribution in [-0.2, 0) is 10.0 Å². The monoisotopic (exact) mass is 471 g/mol. The summed E-state index contributed by atoms with van der Waals surface area (Å²) in [5, 5.41) is 5.09. The molecule has 0 atom stereocenters. The highest BCUT2D eigenvalue weighted by Crippen LogP contribution is 2.20. The van der Waals surface area contributed by atoms with E-state index in [0.717, 1.165) is 0 Å². The lowest BCUT2D eigenvalue weighted by atomic mass is 10.2. The van der Waals surface area contributed by atoms with E-state index in [-0.39, 0.29) is 29.1 Å². The molecule has 2 amide bonds. The molecule has 8 nitrogen and oxygen atoms in total. The van der Waals surface area contributed by atoms with Crippen LogP contribution in [0.2, 0.25) is 0 Å². The second kappa shape index (κ2) is 10.6. The first-order valence-corrected chi connectivity index (χ1v) is 11.4. The maximum absolute atomic E-state index is 13.6. The number of amides is 2. The fourth-order valence-electron chi connectivity index (χ4n) is 2.87. The molecule has 0 aliphatic heterocycles. The Hall–Kier alpha value is -3.92. The molecule has 0 spiro atoms. The fourth-order valence-corrected chi connectivity index (χ4v) is 3.98. The minimum atomic E-state index is -3.92. The molecule has 0 aliphatic carbocycles. The first-order chi connectivity index (χ1) is 15.8. The zero-order valence-corrected chi connectivity index (χ0v) is 18.5. The van der Waals surface area contributed by atoms with Gasteiger partial charge in [0.15, 0.2) is 0 Å². The van der Waals surface area contributed by atoms with E-state index in [1.807, 2.05) is 0 Å². The van der Waals surface area contributed by atoms with Gasteiger partial charge in [0.05, 0.1) is 17.6 Å². The van der Waals surface area contributed by atoms with Crippen LogP contribution in [0.1, 0.15) is 20.7 Å². The molecule has 0 aliphatic rings. The SMILES string of the molecule is COc1ccc(NS(=O)(=O)c2cccc(C(=O)NCCNC(=O)c3ccccc3F)c2)cc1. The van der Waals surface area contributed by atoms with Gasteiger partial charge in [-0.1, -0.05) is 18.2 Å². The van der Waals surface area contributed by atoms with Gasteiger partial charge in [0.25, 0.3) is 21.8 Å². The highest BCUT2D eigenvalue weighted by molar-refractivity contribution is 7.92. The van der Waals surface area contributed by atoms with E-state index >= 15 is 0 Å². The Morgan fingerprint density at radius 1 is 0.879 bits per heavy atom. The summed E-state index contributed by atoms with van der Waals surface area (Å²) in [6.07, 6.45) is 0. The van der Waals surface area contributed by atoms with Crippen LogP contribution in [0.25, 0.3) is 0 Å². The average Bonchev–Trinajstić information content (AvgIpc) is 2.82. The second-order valence-corrected chi connectivity index (χ2v) is 8.54. The molecule has 0 saturated carbocycles. The Bertz CT molecular complexity index is 1250. The molecule has 0 unspecified atom stereocenters. The Morgan fingerprint density at radius 2 is 1.55 bits per heavy atom. The third-order valence-corrected chi connectivity index (χ3v) is 5.94. The average molecular weight is 472 g/mol. The summed E-state index contributed by atoms with van der Waals surface area (Å²) in [5.41, 5.74) is 0.385. The lowest BCUT2D eigenvalue weighted by Gasteiger charge is -2.11. The molecule has 0 radical (unpaired) electrons. The standard InChI is InChI=1S/C23H22FN3O5S/c1-32-18-11-9-17(10-12-18)27-33(30,31)19-6-4-5-16(15-19)22(28)25-13-14-26-23(29)20-7-2-3-8-21(20)24/h2-12,15,27H,13-14H2,1H3,(H,25,28)(H,26,29). The van der Waals surface area contributed by atoms with Gasteiger partial charge in [0, 0.05) is 24.3 Å². The number of nitrogens with one attached hydrogen (secondary N) is 3. The molecule has 3 aromatic carbocycles. The predicted octanol–water partition coefficient (Wildman–Crippen LogP) is 2.79. The summed E-state index contributed by atoms with van der Waals surface area (Å²) in [6, 6.07) is 17.5. The molecule has 0 aromatic heterocycles. The number of hydrogen-bond donors (Lipinski definition) is 3. The highest BCUT2D eigenvalue weighted by atomic mass is 32.2. The van der Waals surface area contributed by atoms with Crippen molar-refractivity contribution in [3.8, 4) is 5.75 Å². The van der Waals surface area contributed by atoms with Crippen LogP contribution in [0.15, 0.2) is 77.7 Å². The van der Waals surface area contributed by atoms with Crippen LogP contribution < -0.4 is 20.1 Å². The van der Waals surface area contributed by atoms with E-state index < -0.39 is 27.7 Å². The fraction of sp³-hybridized carbons (Fsp3) is 0.130. The lowest BCUT2D eigenvalue weighted by Crippen LogP contribution is -2.35. The number of sulfonamides is 1. The normalized spacial score (nSPS) is 10.8. The van der Waals surface area contributed by atoms with E-state index in [4.69, 9.17) is 4.74 Å². The van der Waals surface area contributed by atoms with E-state index in [9.17, 15) is 22.4 Å². The first-order valence-electron chi connectivity index (χ1n) is 9.88. The summed E-state index contributed by atoms with van der Waals surface area (Å²) in [7, 11) is -2.42. The lowest BCUT2D eigenvalue weighted by molar-refractivity contribution is 0.0925. The van der Waals surface area contributed by atoms with Crippen molar-refractivity contribution in [2.75, 3.05) is 24.9 Å². The van der Waals surface area contributed by atoms with Gasteiger partial charge in [-0.25, -0.2) is 12.8 Å².